The fourth-order valence-electron chi connectivity index (χ4n) is 2.02. The van der Waals surface area contributed by atoms with Gasteiger partial charge in [0.1, 0.15) is 11.3 Å². The van der Waals surface area contributed by atoms with Crippen molar-refractivity contribution in [2.75, 3.05) is 0 Å². The molecule has 0 aliphatic heterocycles. The summed E-state index contributed by atoms with van der Waals surface area (Å²) in [7, 11) is 0. The van der Waals surface area contributed by atoms with E-state index >= 15 is 0 Å². The Morgan fingerprint density at radius 2 is 2.00 bits per heavy atom. The first-order chi connectivity index (χ1) is 9.16. The second-order valence-electron chi connectivity index (χ2n) is 4.21. The Bertz CT molecular complexity index is 779. The van der Waals surface area contributed by atoms with Crippen molar-refractivity contribution in [2.45, 2.75) is 6.92 Å². The molecule has 0 spiro atoms. The number of nitrogens with zero attached hydrogens (tertiary/aromatic N) is 3. The van der Waals surface area contributed by atoms with Gasteiger partial charge in [-0.1, -0.05) is 17.3 Å². The van der Waals surface area contributed by atoms with Crippen LogP contribution in [0.15, 0.2) is 42.5 Å². The molecule has 1 aromatic heterocycles. The molecule has 0 aliphatic rings. The maximum Gasteiger partial charge on any atom is 0.162 e. The minimum absolute atomic E-state index is 0.214. The normalized spacial score (nSPS) is 10.8. The molecule has 0 saturated carbocycles. The lowest BCUT2D eigenvalue weighted by atomic mass is 10.1. The number of carbonyl (C=O) groups excluding carboxylic acids is 1. The van der Waals surface area contributed by atoms with Crippen molar-refractivity contribution < 1.29 is 9.18 Å². The van der Waals surface area contributed by atoms with E-state index < -0.39 is 5.82 Å². The van der Waals surface area contributed by atoms with E-state index in [1.165, 1.54) is 25.1 Å². The minimum atomic E-state index is -0.446. The molecule has 2 aromatic carbocycles. The predicted molar refractivity (Wildman–Crippen MR) is 68.8 cm³/mol. The highest BCUT2D eigenvalue weighted by Gasteiger charge is 2.13. The first-order valence-electron chi connectivity index (χ1n) is 5.78. The third-order valence-corrected chi connectivity index (χ3v) is 2.92. The molecule has 0 amide bonds. The van der Waals surface area contributed by atoms with E-state index in [-0.39, 0.29) is 11.3 Å². The van der Waals surface area contributed by atoms with Crippen LogP contribution in [-0.2, 0) is 0 Å². The van der Waals surface area contributed by atoms with E-state index in [0.717, 1.165) is 11.0 Å². The fraction of sp³-hybridized carbons (Fsp3) is 0.0714. The van der Waals surface area contributed by atoms with Gasteiger partial charge in [-0.05, 0) is 37.3 Å². The molecule has 4 nitrogen and oxygen atoms in total. The van der Waals surface area contributed by atoms with E-state index in [1.54, 1.807) is 4.68 Å². The van der Waals surface area contributed by atoms with Crippen molar-refractivity contribution in [3.63, 3.8) is 0 Å². The van der Waals surface area contributed by atoms with Gasteiger partial charge in [0, 0.05) is 5.56 Å². The zero-order valence-corrected chi connectivity index (χ0v) is 10.2. The second-order valence-corrected chi connectivity index (χ2v) is 4.21. The molecule has 3 aromatic rings. The first kappa shape index (κ1) is 11.5. The van der Waals surface area contributed by atoms with Gasteiger partial charge in [-0.3, -0.25) is 4.79 Å². The number of carbonyl (C=O) groups is 1. The van der Waals surface area contributed by atoms with Crippen LogP contribution in [0, 0.1) is 5.82 Å². The average Bonchev–Trinajstić information content (AvgIpc) is 2.82. The van der Waals surface area contributed by atoms with Gasteiger partial charge in [0.25, 0.3) is 0 Å². The number of ketones is 1. The largest absolute Gasteiger partial charge is 0.294 e. The van der Waals surface area contributed by atoms with Gasteiger partial charge in [0.15, 0.2) is 5.78 Å². The van der Waals surface area contributed by atoms with Gasteiger partial charge < -0.3 is 0 Å². The van der Waals surface area contributed by atoms with Gasteiger partial charge in [-0.15, -0.1) is 5.10 Å². The molecule has 0 radical (unpaired) electrons. The molecule has 0 atom stereocenters. The summed E-state index contributed by atoms with van der Waals surface area (Å²) in [5.41, 5.74) is 2.32. The molecule has 1 heterocycles. The van der Waals surface area contributed by atoms with Crippen LogP contribution < -0.4 is 0 Å². The Morgan fingerprint density at radius 1 is 1.21 bits per heavy atom. The quantitative estimate of drug-likeness (QED) is 0.661. The molecule has 5 heteroatoms. The highest BCUT2D eigenvalue weighted by atomic mass is 19.1. The van der Waals surface area contributed by atoms with Crippen LogP contribution >= 0.6 is 0 Å². The predicted octanol–water partition coefficient (Wildman–Crippen LogP) is 2.76. The highest BCUT2D eigenvalue weighted by molar-refractivity contribution is 5.98. The summed E-state index contributed by atoms with van der Waals surface area (Å²) >= 11 is 0. The van der Waals surface area contributed by atoms with E-state index in [4.69, 9.17) is 0 Å². The Balaban J connectivity index is 2.30. The lowest BCUT2D eigenvalue weighted by molar-refractivity contribution is 0.101. The number of benzene rings is 2. The molecule has 3 rings (SSSR count). The van der Waals surface area contributed by atoms with Gasteiger partial charge in [0.2, 0.25) is 0 Å². The van der Waals surface area contributed by atoms with Crippen molar-refractivity contribution in [3.05, 3.63) is 53.8 Å². The Labute approximate surface area is 108 Å². The number of hydrogen-bond donors (Lipinski definition) is 0. The van der Waals surface area contributed by atoms with Crippen LogP contribution in [0.3, 0.4) is 0 Å². The van der Waals surface area contributed by atoms with E-state index in [2.05, 4.69) is 10.3 Å². The molecule has 0 fully saturated rings. The second kappa shape index (κ2) is 4.28. The van der Waals surface area contributed by atoms with Crippen LogP contribution in [0.4, 0.5) is 4.39 Å². The highest BCUT2D eigenvalue weighted by Crippen LogP contribution is 2.20. The molecule has 19 heavy (non-hydrogen) atoms. The summed E-state index contributed by atoms with van der Waals surface area (Å²) in [6, 6.07) is 11.5. The molecule has 0 N–H and O–H groups in total. The Hall–Kier alpha value is -2.56. The number of para-hydroxylation sites is 1. The minimum Gasteiger partial charge on any atom is -0.294 e. The van der Waals surface area contributed by atoms with Gasteiger partial charge in [0.05, 0.1) is 11.2 Å². The molecule has 0 aliphatic carbocycles. The van der Waals surface area contributed by atoms with Crippen molar-refractivity contribution in [1.82, 2.24) is 15.0 Å². The van der Waals surface area contributed by atoms with E-state index in [9.17, 15) is 9.18 Å². The SMILES string of the molecule is CC(=O)c1cc(F)ccc1-n1nnc2ccccc21. The number of fused-ring (bicyclic) bond motifs is 1. The van der Waals surface area contributed by atoms with Crippen molar-refractivity contribution in [1.29, 1.82) is 0 Å². The molecule has 0 unspecified atom stereocenters. The summed E-state index contributed by atoms with van der Waals surface area (Å²) < 4.78 is 14.8. The molecular formula is C14H10FN3O. The molecule has 94 valence electrons. The third kappa shape index (κ3) is 1.89. The number of rotatable bonds is 2. The van der Waals surface area contributed by atoms with Gasteiger partial charge in [-0.25, -0.2) is 9.07 Å². The molecule has 0 bridgehead atoms. The zero-order valence-electron chi connectivity index (χ0n) is 10.2. The van der Waals surface area contributed by atoms with Crippen LogP contribution in [-0.4, -0.2) is 20.8 Å². The Morgan fingerprint density at radius 3 is 2.79 bits per heavy atom. The fourth-order valence-corrected chi connectivity index (χ4v) is 2.02. The summed E-state index contributed by atoms with van der Waals surface area (Å²) in [5.74, 6) is -0.660. The average molecular weight is 255 g/mol. The van der Waals surface area contributed by atoms with Crippen LogP contribution in [0.5, 0.6) is 0 Å². The topological polar surface area (TPSA) is 47.8 Å². The zero-order chi connectivity index (χ0) is 13.4. The first-order valence-corrected chi connectivity index (χ1v) is 5.78. The smallest absolute Gasteiger partial charge is 0.162 e. The number of halogens is 1. The van der Waals surface area contributed by atoms with E-state index in [1.807, 2.05) is 24.3 Å². The monoisotopic (exact) mass is 255 g/mol. The van der Waals surface area contributed by atoms with Crippen molar-refractivity contribution in [3.8, 4) is 5.69 Å². The maximum absolute atomic E-state index is 13.3. The van der Waals surface area contributed by atoms with Crippen LogP contribution in [0.2, 0.25) is 0 Å². The van der Waals surface area contributed by atoms with Crippen molar-refractivity contribution in [2.24, 2.45) is 0 Å². The summed E-state index contributed by atoms with van der Waals surface area (Å²) in [5, 5.41) is 8.06. The van der Waals surface area contributed by atoms with Crippen LogP contribution in [0.1, 0.15) is 17.3 Å². The summed E-state index contributed by atoms with van der Waals surface area (Å²) in [6.45, 7) is 1.40. The van der Waals surface area contributed by atoms with E-state index in [0.29, 0.717) is 5.69 Å². The molecule has 0 saturated heterocycles. The molecular weight excluding hydrogens is 245 g/mol. The van der Waals surface area contributed by atoms with Gasteiger partial charge >= 0.3 is 0 Å². The number of Topliss-reactive ketones (excluding diaryl/α,β-unsaturated/α-hetero) is 1. The maximum atomic E-state index is 13.3. The third-order valence-electron chi connectivity index (χ3n) is 2.92. The summed E-state index contributed by atoms with van der Waals surface area (Å²) in [6.07, 6.45) is 0. The standard InChI is InChI=1S/C14H10FN3O/c1-9(19)11-8-10(15)6-7-13(11)18-14-5-3-2-4-12(14)16-17-18/h2-8H,1H3. The lowest BCUT2D eigenvalue weighted by Crippen LogP contribution is -2.05. The van der Waals surface area contributed by atoms with Crippen molar-refractivity contribution >= 4 is 16.8 Å². The number of aromatic nitrogens is 3. The van der Waals surface area contributed by atoms with Gasteiger partial charge in [-0.2, -0.15) is 0 Å². The summed E-state index contributed by atoms with van der Waals surface area (Å²) in [4.78, 5) is 11.6. The number of hydrogen-bond acceptors (Lipinski definition) is 3. The lowest BCUT2D eigenvalue weighted by Gasteiger charge is -2.07. The van der Waals surface area contributed by atoms with Crippen LogP contribution in [0.25, 0.3) is 16.7 Å². The Kier molecular flexibility index (Phi) is 2.59.